The molecule has 1 rings (SSSR count). The summed E-state index contributed by atoms with van der Waals surface area (Å²) in [7, 11) is 0. The molecule has 1 atom stereocenters. The summed E-state index contributed by atoms with van der Waals surface area (Å²) in [6.45, 7) is 0.297. The van der Waals surface area contributed by atoms with Gasteiger partial charge < -0.3 is 16.8 Å². The number of nitrogens with two attached hydrogens (primary N) is 2. The monoisotopic (exact) mass is 211 g/mol. The molecule has 7 nitrogen and oxygen atoms in total. The predicted octanol–water partition coefficient (Wildman–Crippen LogP) is -1.77. The molecule has 0 fully saturated rings. The maximum atomic E-state index is 11.3. The van der Waals surface area contributed by atoms with Gasteiger partial charge in [-0.25, -0.2) is 0 Å². The van der Waals surface area contributed by atoms with Gasteiger partial charge in [0.2, 0.25) is 11.8 Å². The average molecular weight is 211 g/mol. The van der Waals surface area contributed by atoms with E-state index in [1.54, 1.807) is 12.3 Å². The highest BCUT2D eigenvalue weighted by atomic mass is 16.2. The third-order valence-corrected chi connectivity index (χ3v) is 1.77. The topological polar surface area (TPSA) is 127 Å². The van der Waals surface area contributed by atoms with E-state index in [1.807, 2.05) is 0 Å². The predicted molar refractivity (Wildman–Crippen MR) is 52.2 cm³/mol. The first kappa shape index (κ1) is 11.2. The molecular formula is C8H13N5O2. The number of nitrogens with one attached hydrogen (secondary N) is 2. The highest BCUT2D eigenvalue weighted by molar-refractivity contribution is 5.87. The van der Waals surface area contributed by atoms with E-state index < -0.39 is 17.9 Å². The zero-order chi connectivity index (χ0) is 11.3. The van der Waals surface area contributed by atoms with Crippen LogP contribution in [0.3, 0.4) is 0 Å². The largest absolute Gasteiger partial charge is 0.370 e. The molecule has 2 amide bonds. The normalized spacial score (nSPS) is 12.1. The second-order valence-electron chi connectivity index (χ2n) is 3.08. The van der Waals surface area contributed by atoms with Crippen molar-refractivity contribution in [2.75, 3.05) is 0 Å². The Morgan fingerprint density at radius 3 is 2.87 bits per heavy atom. The van der Waals surface area contributed by atoms with Gasteiger partial charge in [-0.1, -0.05) is 0 Å². The quantitative estimate of drug-likeness (QED) is 0.459. The first-order valence-corrected chi connectivity index (χ1v) is 4.39. The minimum absolute atomic E-state index is 0.158. The molecule has 6 N–H and O–H groups in total. The highest BCUT2D eigenvalue weighted by Gasteiger charge is 2.15. The Bertz CT molecular complexity index is 335. The number of hydrogen-bond donors (Lipinski definition) is 4. The van der Waals surface area contributed by atoms with Gasteiger partial charge in [0, 0.05) is 6.20 Å². The molecule has 1 aromatic rings. The summed E-state index contributed by atoms with van der Waals surface area (Å²) < 4.78 is 0. The SMILES string of the molecule is NC(=O)CC(N)C(=O)NCc1ccn[nH]1. The molecule has 0 aliphatic heterocycles. The maximum absolute atomic E-state index is 11.3. The Morgan fingerprint density at radius 2 is 2.33 bits per heavy atom. The van der Waals surface area contributed by atoms with Crippen LogP contribution < -0.4 is 16.8 Å². The van der Waals surface area contributed by atoms with Crippen LogP contribution in [-0.2, 0) is 16.1 Å². The van der Waals surface area contributed by atoms with Crippen LogP contribution in [0, 0.1) is 0 Å². The standard InChI is InChI=1S/C8H13N5O2/c9-6(3-7(10)14)8(15)11-4-5-1-2-12-13-5/h1-2,6H,3-4,9H2,(H2,10,14)(H,11,15)(H,12,13). The molecular weight excluding hydrogens is 198 g/mol. The maximum Gasteiger partial charge on any atom is 0.237 e. The fraction of sp³-hybridized carbons (Fsp3) is 0.375. The molecule has 0 bridgehead atoms. The third kappa shape index (κ3) is 3.77. The number of carbonyl (C=O) groups is 2. The van der Waals surface area contributed by atoms with Crippen LogP contribution in [0.5, 0.6) is 0 Å². The van der Waals surface area contributed by atoms with E-state index in [2.05, 4.69) is 15.5 Å². The van der Waals surface area contributed by atoms with E-state index in [1.165, 1.54) is 0 Å². The summed E-state index contributed by atoms with van der Waals surface area (Å²) in [6.07, 6.45) is 1.42. The van der Waals surface area contributed by atoms with E-state index in [9.17, 15) is 9.59 Å². The van der Waals surface area contributed by atoms with Crippen molar-refractivity contribution < 1.29 is 9.59 Å². The van der Waals surface area contributed by atoms with E-state index >= 15 is 0 Å². The number of rotatable bonds is 5. The van der Waals surface area contributed by atoms with Gasteiger partial charge >= 0.3 is 0 Å². The van der Waals surface area contributed by atoms with Crippen molar-refractivity contribution >= 4 is 11.8 Å². The second kappa shape index (κ2) is 5.11. The summed E-state index contributed by atoms with van der Waals surface area (Å²) in [4.78, 5) is 21.8. The van der Waals surface area contributed by atoms with E-state index in [-0.39, 0.29) is 6.42 Å². The molecule has 1 unspecified atom stereocenters. The van der Waals surface area contributed by atoms with Gasteiger partial charge in [-0.2, -0.15) is 5.10 Å². The minimum Gasteiger partial charge on any atom is -0.370 e. The van der Waals surface area contributed by atoms with Crippen molar-refractivity contribution in [1.82, 2.24) is 15.5 Å². The van der Waals surface area contributed by atoms with Crippen molar-refractivity contribution in [2.24, 2.45) is 11.5 Å². The summed E-state index contributed by atoms with van der Waals surface area (Å²) in [5, 5.41) is 8.93. The van der Waals surface area contributed by atoms with Crippen LogP contribution in [0.25, 0.3) is 0 Å². The Labute approximate surface area is 86.2 Å². The van der Waals surface area contributed by atoms with Gasteiger partial charge in [0.1, 0.15) is 0 Å². The molecule has 0 saturated carbocycles. The molecule has 15 heavy (non-hydrogen) atoms. The highest BCUT2D eigenvalue weighted by Crippen LogP contribution is 1.92. The van der Waals surface area contributed by atoms with Gasteiger partial charge in [0.05, 0.1) is 24.7 Å². The molecule has 0 spiro atoms. The van der Waals surface area contributed by atoms with Gasteiger partial charge in [-0.3, -0.25) is 14.7 Å². The van der Waals surface area contributed by atoms with E-state index in [0.717, 1.165) is 5.69 Å². The van der Waals surface area contributed by atoms with Gasteiger partial charge in [0.15, 0.2) is 0 Å². The van der Waals surface area contributed by atoms with Crippen molar-refractivity contribution in [3.63, 3.8) is 0 Å². The summed E-state index contributed by atoms with van der Waals surface area (Å²) in [5.41, 5.74) is 11.1. The molecule has 82 valence electrons. The smallest absolute Gasteiger partial charge is 0.237 e. The Kier molecular flexibility index (Phi) is 3.81. The Balaban J connectivity index is 2.32. The van der Waals surface area contributed by atoms with E-state index in [4.69, 9.17) is 11.5 Å². The molecule has 0 aromatic carbocycles. The van der Waals surface area contributed by atoms with Crippen LogP contribution in [0.2, 0.25) is 0 Å². The summed E-state index contributed by atoms with van der Waals surface area (Å²) in [5.74, 6) is -1.01. The number of amides is 2. The zero-order valence-corrected chi connectivity index (χ0v) is 8.06. The Morgan fingerprint density at radius 1 is 1.60 bits per heavy atom. The molecule has 0 aliphatic carbocycles. The molecule has 1 heterocycles. The third-order valence-electron chi connectivity index (χ3n) is 1.77. The van der Waals surface area contributed by atoms with Crippen LogP contribution in [0.1, 0.15) is 12.1 Å². The number of aromatic amines is 1. The molecule has 1 aromatic heterocycles. The van der Waals surface area contributed by atoms with Gasteiger partial charge in [0.25, 0.3) is 0 Å². The number of hydrogen-bond acceptors (Lipinski definition) is 4. The molecule has 0 radical (unpaired) electrons. The fourth-order valence-electron chi connectivity index (χ4n) is 1.01. The van der Waals surface area contributed by atoms with Gasteiger partial charge in [-0.05, 0) is 6.07 Å². The van der Waals surface area contributed by atoms with E-state index in [0.29, 0.717) is 6.54 Å². The number of H-pyrrole nitrogens is 1. The lowest BCUT2D eigenvalue weighted by Crippen LogP contribution is -2.42. The Hall–Kier alpha value is -1.89. The lowest BCUT2D eigenvalue weighted by Gasteiger charge is -2.09. The number of carbonyl (C=O) groups excluding carboxylic acids is 2. The van der Waals surface area contributed by atoms with Crippen molar-refractivity contribution in [3.05, 3.63) is 18.0 Å². The van der Waals surface area contributed by atoms with Crippen LogP contribution in [-0.4, -0.2) is 28.1 Å². The lowest BCUT2D eigenvalue weighted by atomic mass is 10.2. The number of primary amides is 1. The molecule has 7 heteroatoms. The van der Waals surface area contributed by atoms with Crippen molar-refractivity contribution in [2.45, 2.75) is 19.0 Å². The number of nitrogens with zero attached hydrogens (tertiary/aromatic N) is 1. The first-order chi connectivity index (χ1) is 7.09. The van der Waals surface area contributed by atoms with Crippen LogP contribution >= 0.6 is 0 Å². The summed E-state index contributed by atoms with van der Waals surface area (Å²) in [6, 6.07) is 0.824. The zero-order valence-electron chi connectivity index (χ0n) is 8.06. The summed E-state index contributed by atoms with van der Waals surface area (Å²) >= 11 is 0. The average Bonchev–Trinajstić information content (AvgIpc) is 2.65. The second-order valence-corrected chi connectivity index (χ2v) is 3.08. The van der Waals surface area contributed by atoms with Crippen LogP contribution in [0.4, 0.5) is 0 Å². The fourth-order valence-corrected chi connectivity index (χ4v) is 1.01. The first-order valence-electron chi connectivity index (χ1n) is 4.39. The lowest BCUT2D eigenvalue weighted by molar-refractivity contribution is -0.126. The van der Waals surface area contributed by atoms with Crippen molar-refractivity contribution in [3.8, 4) is 0 Å². The number of aromatic nitrogens is 2. The van der Waals surface area contributed by atoms with Gasteiger partial charge in [-0.15, -0.1) is 0 Å². The van der Waals surface area contributed by atoms with Crippen LogP contribution in [0.15, 0.2) is 12.3 Å². The minimum atomic E-state index is -0.898. The van der Waals surface area contributed by atoms with Crippen molar-refractivity contribution in [1.29, 1.82) is 0 Å². The molecule has 0 saturated heterocycles. The molecule has 0 aliphatic rings.